The average Bonchev–Trinajstić information content (AvgIpc) is 2.96. The van der Waals surface area contributed by atoms with Crippen molar-refractivity contribution in [2.45, 2.75) is 32.7 Å². The lowest BCUT2D eigenvalue weighted by Crippen LogP contribution is -2.08. The zero-order valence-electron chi connectivity index (χ0n) is 9.53. The summed E-state index contributed by atoms with van der Waals surface area (Å²) < 4.78 is 0. The molecule has 4 heteroatoms. The van der Waals surface area contributed by atoms with E-state index in [9.17, 15) is 4.79 Å². The predicted molar refractivity (Wildman–Crippen MR) is 61.7 cm³/mol. The van der Waals surface area contributed by atoms with Crippen LogP contribution in [0, 0.1) is 12.8 Å². The zero-order chi connectivity index (χ0) is 11.7. The molecule has 0 spiro atoms. The first-order valence-corrected chi connectivity index (χ1v) is 5.59. The van der Waals surface area contributed by atoms with Crippen molar-refractivity contribution in [2.24, 2.45) is 5.92 Å². The van der Waals surface area contributed by atoms with Crippen LogP contribution in [0.4, 0.5) is 5.82 Å². The van der Waals surface area contributed by atoms with Gasteiger partial charge in [-0.1, -0.05) is 13.3 Å². The van der Waals surface area contributed by atoms with Gasteiger partial charge < -0.3 is 10.4 Å². The quantitative estimate of drug-likeness (QED) is 0.817. The van der Waals surface area contributed by atoms with Crippen molar-refractivity contribution < 1.29 is 9.90 Å². The molecule has 1 fully saturated rings. The minimum atomic E-state index is -0.922. The highest BCUT2D eigenvalue weighted by molar-refractivity contribution is 5.89. The van der Waals surface area contributed by atoms with Gasteiger partial charge in [0.15, 0.2) is 0 Å². The van der Waals surface area contributed by atoms with E-state index in [-0.39, 0.29) is 5.56 Å². The van der Waals surface area contributed by atoms with Crippen molar-refractivity contribution in [3.05, 3.63) is 23.4 Å². The Bertz CT molecular complexity index is 417. The molecule has 0 radical (unpaired) electrons. The summed E-state index contributed by atoms with van der Waals surface area (Å²) in [6.45, 7) is 3.90. The first-order valence-electron chi connectivity index (χ1n) is 5.59. The fraction of sp³-hybridized carbons (Fsp3) is 0.500. The molecule has 16 heavy (non-hydrogen) atoms. The number of pyridine rings is 1. The minimum Gasteiger partial charge on any atom is -0.478 e. The van der Waals surface area contributed by atoms with E-state index in [1.807, 2.05) is 0 Å². The summed E-state index contributed by atoms with van der Waals surface area (Å²) in [5, 5.41) is 12.2. The smallest absolute Gasteiger partial charge is 0.337 e. The molecule has 0 saturated heterocycles. The lowest BCUT2D eigenvalue weighted by Gasteiger charge is -2.07. The van der Waals surface area contributed by atoms with Gasteiger partial charge in [0.05, 0.1) is 11.3 Å². The summed E-state index contributed by atoms with van der Waals surface area (Å²) >= 11 is 0. The molecular formula is C12H16N2O2. The maximum atomic E-state index is 10.8. The van der Waals surface area contributed by atoms with Gasteiger partial charge in [0.1, 0.15) is 5.82 Å². The van der Waals surface area contributed by atoms with Crippen molar-refractivity contribution in [3.8, 4) is 0 Å². The molecule has 2 unspecified atom stereocenters. The highest BCUT2D eigenvalue weighted by atomic mass is 16.4. The molecule has 1 aliphatic carbocycles. The number of aromatic nitrogens is 1. The number of anilines is 1. The number of hydrogen-bond donors (Lipinski definition) is 2. The van der Waals surface area contributed by atoms with Gasteiger partial charge in [-0.3, -0.25) is 0 Å². The van der Waals surface area contributed by atoms with Crippen molar-refractivity contribution in [2.75, 3.05) is 5.32 Å². The summed E-state index contributed by atoms with van der Waals surface area (Å²) in [7, 11) is 0. The zero-order valence-corrected chi connectivity index (χ0v) is 9.53. The van der Waals surface area contributed by atoms with Crippen LogP contribution in [-0.2, 0) is 0 Å². The Hall–Kier alpha value is -1.58. The number of nitrogens with one attached hydrogen (secondary N) is 1. The normalized spacial score (nSPS) is 22.9. The van der Waals surface area contributed by atoms with E-state index < -0.39 is 5.97 Å². The number of rotatable bonds is 4. The van der Waals surface area contributed by atoms with Crippen LogP contribution in [0.25, 0.3) is 0 Å². The number of hydrogen-bond acceptors (Lipinski definition) is 3. The topological polar surface area (TPSA) is 62.2 Å². The van der Waals surface area contributed by atoms with E-state index in [2.05, 4.69) is 17.2 Å². The van der Waals surface area contributed by atoms with Crippen LogP contribution >= 0.6 is 0 Å². The Morgan fingerprint density at radius 1 is 1.62 bits per heavy atom. The molecule has 2 rings (SSSR count). The second-order valence-electron chi connectivity index (χ2n) is 4.29. The summed E-state index contributed by atoms with van der Waals surface area (Å²) in [6.07, 6.45) is 2.38. The molecule has 2 N–H and O–H groups in total. The van der Waals surface area contributed by atoms with Gasteiger partial charge >= 0.3 is 5.97 Å². The van der Waals surface area contributed by atoms with Gasteiger partial charge in [-0.25, -0.2) is 9.78 Å². The molecule has 1 saturated carbocycles. The molecule has 0 aliphatic heterocycles. The maximum Gasteiger partial charge on any atom is 0.337 e. The molecular weight excluding hydrogens is 204 g/mol. The Balaban J connectivity index is 2.07. The Morgan fingerprint density at radius 3 is 2.88 bits per heavy atom. The first-order chi connectivity index (χ1) is 7.61. The molecule has 1 aliphatic rings. The van der Waals surface area contributed by atoms with Crippen molar-refractivity contribution in [1.29, 1.82) is 0 Å². The van der Waals surface area contributed by atoms with Gasteiger partial charge in [0, 0.05) is 6.04 Å². The minimum absolute atomic E-state index is 0.272. The number of carbonyl (C=O) groups is 1. The predicted octanol–water partition coefficient (Wildman–Crippen LogP) is 2.30. The lowest BCUT2D eigenvalue weighted by atomic mass is 10.2. The van der Waals surface area contributed by atoms with E-state index in [0.717, 1.165) is 11.7 Å². The number of carboxylic acid groups (broad SMARTS) is 1. The number of aromatic carboxylic acids is 1. The number of nitrogens with zero attached hydrogens (tertiary/aromatic N) is 1. The molecule has 4 nitrogen and oxygen atoms in total. The Kier molecular flexibility index (Phi) is 2.81. The van der Waals surface area contributed by atoms with Crippen molar-refractivity contribution in [1.82, 2.24) is 4.98 Å². The number of aryl methyl sites for hydroxylation is 1. The van der Waals surface area contributed by atoms with Gasteiger partial charge in [-0.05, 0) is 31.4 Å². The van der Waals surface area contributed by atoms with Gasteiger partial charge in [-0.15, -0.1) is 0 Å². The molecule has 0 bridgehead atoms. The number of carboxylic acids is 1. The summed E-state index contributed by atoms with van der Waals surface area (Å²) in [4.78, 5) is 15.1. The van der Waals surface area contributed by atoms with Crippen LogP contribution < -0.4 is 5.32 Å². The van der Waals surface area contributed by atoms with E-state index in [0.29, 0.717) is 11.7 Å². The fourth-order valence-electron chi connectivity index (χ4n) is 1.93. The molecule has 86 valence electrons. The maximum absolute atomic E-state index is 10.8. The first kappa shape index (κ1) is 10.9. The fourth-order valence-corrected chi connectivity index (χ4v) is 1.93. The van der Waals surface area contributed by atoms with Crippen LogP contribution in [0.2, 0.25) is 0 Å². The summed E-state index contributed by atoms with van der Waals surface area (Å²) in [6, 6.07) is 3.87. The van der Waals surface area contributed by atoms with E-state index in [1.165, 1.54) is 12.8 Å². The van der Waals surface area contributed by atoms with E-state index in [4.69, 9.17) is 5.11 Å². The standard InChI is InChI=1S/C12H16N2O2/c1-3-8-6-10(8)14-11-5-4-9(12(15)16)7(2)13-11/h4-5,8,10H,3,6H2,1-2H3,(H,13,14)(H,15,16). The molecule has 0 amide bonds. The molecule has 1 aromatic heterocycles. The SMILES string of the molecule is CCC1CC1Nc1ccc(C(=O)O)c(C)n1. The van der Waals surface area contributed by atoms with Crippen LogP contribution in [-0.4, -0.2) is 22.1 Å². The van der Waals surface area contributed by atoms with Gasteiger partial charge in [0.2, 0.25) is 0 Å². The summed E-state index contributed by atoms with van der Waals surface area (Å²) in [5.74, 6) is 0.610. The van der Waals surface area contributed by atoms with E-state index in [1.54, 1.807) is 19.1 Å². The van der Waals surface area contributed by atoms with Gasteiger partial charge in [-0.2, -0.15) is 0 Å². The third-order valence-electron chi connectivity index (χ3n) is 3.10. The van der Waals surface area contributed by atoms with Crippen molar-refractivity contribution >= 4 is 11.8 Å². The second-order valence-corrected chi connectivity index (χ2v) is 4.29. The van der Waals surface area contributed by atoms with Crippen molar-refractivity contribution in [3.63, 3.8) is 0 Å². The Morgan fingerprint density at radius 2 is 2.38 bits per heavy atom. The van der Waals surface area contributed by atoms with Crippen LogP contribution in [0.1, 0.15) is 35.8 Å². The third kappa shape index (κ3) is 2.15. The highest BCUT2D eigenvalue weighted by Gasteiger charge is 2.35. The lowest BCUT2D eigenvalue weighted by molar-refractivity contribution is 0.0695. The molecule has 1 aromatic rings. The largest absolute Gasteiger partial charge is 0.478 e. The van der Waals surface area contributed by atoms with Crippen LogP contribution in [0.3, 0.4) is 0 Å². The van der Waals surface area contributed by atoms with Crippen LogP contribution in [0.15, 0.2) is 12.1 Å². The molecule has 0 aromatic carbocycles. The van der Waals surface area contributed by atoms with E-state index >= 15 is 0 Å². The molecule has 2 atom stereocenters. The second kappa shape index (κ2) is 4.12. The third-order valence-corrected chi connectivity index (χ3v) is 3.10. The highest BCUT2D eigenvalue weighted by Crippen LogP contribution is 2.35. The molecule has 1 heterocycles. The average molecular weight is 220 g/mol. The summed E-state index contributed by atoms with van der Waals surface area (Å²) in [5.41, 5.74) is 0.833. The van der Waals surface area contributed by atoms with Gasteiger partial charge in [0.25, 0.3) is 0 Å². The Labute approximate surface area is 94.7 Å². The monoisotopic (exact) mass is 220 g/mol. The van der Waals surface area contributed by atoms with Crippen LogP contribution in [0.5, 0.6) is 0 Å².